The summed E-state index contributed by atoms with van der Waals surface area (Å²) < 4.78 is 7.45. The molecule has 0 aliphatic heterocycles. The predicted molar refractivity (Wildman–Crippen MR) is 75.2 cm³/mol. The fourth-order valence-corrected chi connectivity index (χ4v) is 1.76. The maximum atomic E-state index is 7.01. The zero-order valence-corrected chi connectivity index (χ0v) is 10.8. The normalized spacial score (nSPS) is 10.6. The molecule has 0 spiro atoms. The van der Waals surface area contributed by atoms with Crippen LogP contribution < -0.4 is 21.5 Å². The summed E-state index contributed by atoms with van der Waals surface area (Å²) in [5.41, 5.74) is 12.7. The number of ether oxygens (including phenoxy) is 1. The first-order valence-electron chi connectivity index (χ1n) is 6.00. The lowest BCUT2D eigenvalue weighted by Crippen LogP contribution is -2.31. The standard InChI is InChI=1S/C12H18N6O/c1-18-10-7-8(3-4-9(10)17-12(18)15)19-6-2-5-16-11(13)14/h3-4,7H,2,5-6H2,1H3,(H2,15,17)(H4,13,14,16). The number of nitrogen functional groups attached to an aromatic ring is 1. The highest BCUT2D eigenvalue weighted by atomic mass is 16.5. The molecule has 0 bridgehead atoms. The maximum absolute atomic E-state index is 7.01. The van der Waals surface area contributed by atoms with E-state index in [0.29, 0.717) is 19.1 Å². The van der Waals surface area contributed by atoms with E-state index in [0.717, 1.165) is 23.2 Å². The molecule has 0 amide bonds. The summed E-state index contributed by atoms with van der Waals surface area (Å²) in [5.74, 6) is 1.24. The molecule has 0 saturated carbocycles. The number of hydrogen-bond acceptors (Lipinski definition) is 4. The van der Waals surface area contributed by atoms with Crippen LogP contribution in [-0.2, 0) is 7.05 Å². The number of nitrogens with zero attached hydrogens (tertiary/aromatic N) is 2. The maximum Gasteiger partial charge on any atom is 0.200 e. The summed E-state index contributed by atoms with van der Waals surface area (Å²) in [6.45, 7) is 1.18. The fraction of sp³-hybridized carbons (Fsp3) is 0.333. The lowest BCUT2D eigenvalue weighted by atomic mass is 10.3. The zero-order chi connectivity index (χ0) is 13.8. The number of benzene rings is 1. The van der Waals surface area contributed by atoms with Gasteiger partial charge >= 0.3 is 0 Å². The summed E-state index contributed by atoms with van der Waals surface area (Å²) in [7, 11) is 1.87. The Balaban J connectivity index is 1.94. The largest absolute Gasteiger partial charge is 0.493 e. The highest BCUT2D eigenvalue weighted by Gasteiger charge is 2.05. The smallest absolute Gasteiger partial charge is 0.200 e. The van der Waals surface area contributed by atoms with Gasteiger partial charge in [0.15, 0.2) is 5.96 Å². The van der Waals surface area contributed by atoms with Crippen molar-refractivity contribution in [3.8, 4) is 5.75 Å². The highest BCUT2D eigenvalue weighted by Crippen LogP contribution is 2.22. The number of guanidine groups is 1. The minimum atomic E-state index is -0.0215. The third-order valence-corrected chi connectivity index (χ3v) is 2.79. The van der Waals surface area contributed by atoms with Gasteiger partial charge in [-0.25, -0.2) is 4.98 Å². The molecule has 2 rings (SSSR count). The third-order valence-electron chi connectivity index (χ3n) is 2.79. The van der Waals surface area contributed by atoms with Crippen LogP contribution in [0.5, 0.6) is 5.75 Å². The van der Waals surface area contributed by atoms with Crippen molar-refractivity contribution in [2.45, 2.75) is 6.42 Å². The zero-order valence-electron chi connectivity index (χ0n) is 10.8. The molecule has 0 aliphatic carbocycles. The lowest BCUT2D eigenvalue weighted by Gasteiger charge is -2.07. The van der Waals surface area contributed by atoms with Gasteiger partial charge in [-0.05, 0) is 18.6 Å². The van der Waals surface area contributed by atoms with Crippen molar-refractivity contribution in [1.82, 2.24) is 14.9 Å². The second kappa shape index (κ2) is 5.47. The molecule has 2 aromatic rings. The Labute approximate surface area is 111 Å². The number of rotatable bonds is 5. The summed E-state index contributed by atoms with van der Waals surface area (Å²) in [4.78, 5) is 4.22. The molecule has 0 radical (unpaired) electrons. The molecule has 0 unspecified atom stereocenters. The highest BCUT2D eigenvalue weighted by molar-refractivity contribution is 5.79. The number of imidazole rings is 1. The van der Waals surface area contributed by atoms with E-state index in [9.17, 15) is 0 Å². The van der Waals surface area contributed by atoms with Crippen molar-refractivity contribution in [3.63, 3.8) is 0 Å². The molecule has 0 aliphatic rings. The van der Waals surface area contributed by atoms with Crippen LogP contribution in [-0.4, -0.2) is 28.7 Å². The van der Waals surface area contributed by atoms with Crippen molar-refractivity contribution in [3.05, 3.63) is 18.2 Å². The molecule has 1 heterocycles. The van der Waals surface area contributed by atoms with Gasteiger partial charge in [-0.1, -0.05) is 0 Å². The molecule has 0 fully saturated rings. The molecule has 102 valence electrons. The van der Waals surface area contributed by atoms with E-state index in [1.807, 2.05) is 29.8 Å². The van der Waals surface area contributed by atoms with Crippen molar-refractivity contribution in [1.29, 1.82) is 5.41 Å². The summed E-state index contributed by atoms with van der Waals surface area (Å²) in [6, 6.07) is 5.67. The van der Waals surface area contributed by atoms with E-state index in [2.05, 4.69) is 10.3 Å². The molecular weight excluding hydrogens is 244 g/mol. The molecule has 1 aromatic heterocycles. The molecule has 0 saturated heterocycles. The van der Waals surface area contributed by atoms with E-state index in [1.165, 1.54) is 0 Å². The van der Waals surface area contributed by atoms with Crippen LogP contribution in [0.2, 0.25) is 0 Å². The minimum Gasteiger partial charge on any atom is -0.493 e. The van der Waals surface area contributed by atoms with Crippen LogP contribution in [0.3, 0.4) is 0 Å². The fourth-order valence-electron chi connectivity index (χ4n) is 1.76. The van der Waals surface area contributed by atoms with Gasteiger partial charge < -0.3 is 26.1 Å². The van der Waals surface area contributed by atoms with Gasteiger partial charge in [0.2, 0.25) is 5.95 Å². The molecule has 7 nitrogen and oxygen atoms in total. The monoisotopic (exact) mass is 262 g/mol. The summed E-state index contributed by atoms with van der Waals surface area (Å²) in [6.07, 6.45) is 0.769. The van der Waals surface area contributed by atoms with Crippen molar-refractivity contribution in [2.24, 2.45) is 12.8 Å². The Kier molecular flexibility index (Phi) is 3.74. The van der Waals surface area contributed by atoms with Gasteiger partial charge in [0, 0.05) is 19.7 Å². The van der Waals surface area contributed by atoms with E-state index in [4.69, 9.17) is 21.6 Å². The number of aromatic nitrogens is 2. The number of aryl methyl sites for hydroxylation is 1. The van der Waals surface area contributed by atoms with Crippen LogP contribution in [0.4, 0.5) is 5.95 Å². The second-order valence-corrected chi connectivity index (χ2v) is 4.22. The van der Waals surface area contributed by atoms with E-state index >= 15 is 0 Å². The van der Waals surface area contributed by atoms with Crippen LogP contribution in [0.25, 0.3) is 11.0 Å². The Hall–Kier alpha value is -2.44. The van der Waals surface area contributed by atoms with Crippen LogP contribution in [0, 0.1) is 5.41 Å². The average Bonchev–Trinajstić information content (AvgIpc) is 2.65. The van der Waals surface area contributed by atoms with E-state index < -0.39 is 0 Å². The van der Waals surface area contributed by atoms with Crippen LogP contribution >= 0.6 is 0 Å². The van der Waals surface area contributed by atoms with E-state index in [1.54, 1.807) is 0 Å². The second-order valence-electron chi connectivity index (χ2n) is 4.22. The van der Waals surface area contributed by atoms with Gasteiger partial charge in [0.05, 0.1) is 17.6 Å². The number of anilines is 1. The molecule has 7 heteroatoms. The summed E-state index contributed by atoms with van der Waals surface area (Å²) >= 11 is 0. The molecule has 6 N–H and O–H groups in total. The lowest BCUT2D eigenvalue weighted by molar-refractivity contribution is 0.311. The Morgan fingerprint density at radius 2 is 2.32 bits per heavy atom. The summed E-state index contributed by atoms with van der Waals surface area (Å²) in [5, 5.41) is 9.74. The molecule has 1 aromatic carbocycles. The van der Waals surface area contributed by atoms with Gasteiger partial charge in [0.1, 0.15) is 5.75 Å². The SMILES string of the molecule is Cn1c(N)nc2ccc(OCCCNC(=N)N)cc21. The average molecular weight is 262 g/mol. The van der Waals surface area contributed by atoms with Crippen LogP contribution in [0.15, 0.2) is 18.2 Å². The van der Waals surface area contributed by atoms with Gasteiger partial charge in [-0.3, -0.25) is 5.41 Å². The third kappa shape index (κ3) is 3.06. The van der Waals surface area contributed by atoms with Crippen molar-refractivity contribution < 1.29 is 4.74 Å². The first-order chi connectivity index (χ1) is 9.08. The Bertz CT molecular complexity index is 591. The predicted octanol–water partition coefficient (Wildman–Crippen LogP) is 0.407. The van der Waals surface area contributed by atoms with Gasteiger partial charge in [-0.2, -0.15) is 0 Å². The number of nitrogens with two attached hydrogens (primary N) is 2. The first kappa shape index (κ1) is 13.0. The topological polar surface area (TPSA) is 115 Å². The number of hydrogen-bond donors (Lipinski definition) is 4. The van der Waals surface area contributed by atoms with Crippen molar-refractivity contribution in [2.75, 3.05) is 18.9 Å². The molecule has 19 heavy (non-hydrogen) atoms. The quantitative estimate of drug-likeness (QED) is 0.354. The minimum absolute atomic E-state index is 0.0215. The van der Waals surface area contributed by atoms with E-state index in [-0.39, 0.29) is 5.96 Å². The Morgan fingerprint density at radius 1 is 1.53 bits per heavy atom. The number of nitrogens with one attached hydrogen (secondary N) is 2. The van der Waals surface area contributed by atoms with Crippen molar-refractivity contribution >= 4 is 22.9 Å². The molecular formula is C12H18N6O. The van der Waals surface area contributed by atoms with Gasteiger partial charge in [-0.15, -0.1) is 0 Å². The van der Waals surface area contributed by atoms with Gasteiger partial charge in [0.25, 0.3) is 0 Å². The molecule has 0 atom stereocenters. The number of fused-ring (bicyclic) bond motifs is 1. The first-order valence-corrected chi connectivity index (χ1v) is 6.00. The van der Waals surface area contributed by atoms with Crippen LogP contribution in [0.1, 0.15) is 6.42 Å². The Morgan fingerprint density at radius 3 is 3.05 bits per heavy atom.